The second-order valence-corrected chi connectivity index (χ2v) is 5.54. The Morgan fingerprint density at radius 2 is 2.26 bits per heavy atom. The Hall–Kier alpha value is -1.40. The Morgan fingerprint density at radius 1 is 1.58 bits per heavy atom. The Bertz CT molecular complexity index is 489. The number of anilines is 1. The molecule has 1 aromatic heterocycles. The second kappa shape index (κ2) is 5.30. The predicted molar refractivity (Wildman–Crippen MR) is 74.7 cm³/mol. The maximum Gasteiger partial charge on any atom is 0.312 e. The van der Waals surface area contributed by atoms with Gasteiger partial charge in [-0.3, -0.25) is 10.1 Å². The highest BCUT2D eigenvalue weighted by Crippen LogP contribution is 2.36. The molecular formula is C12H17ClN4O2. The molecule has 0 radical (unpaired) electrons. The molecule has 0 aliphatic heterocycles. The molecule has 0 atom stereocenters. The van der Waals surface area contributed by atoms with Crippen molar-refractivity contribution >= 4 is 23.1 Å². The van der Waals surface area contributed by atoms with Gasteiger partial charge in [0.1, 0.15) is 0 Å². The monoisotopic (exact) mass is 284 g/mol. The van der Waals surface area contributed by atoms with Gasteiger partial charge in [0.15, 0.2) is 0 Å². The molecule has 1 aliphatic carbocycles. The van der Waals surface area contributed by atoms with Gasteiger partial charge in [-0.1, -0.05) is 11.6 Å². The van der Waals surface area contributed by atoms with Crippen LogP contribution in [0.15, 0.2) is 12.3 Å². The average Bonchev–Trinajstić information content (AvgIpc) is 2.28. The third-order valence-electron chi connectivity index (χ3n) is 3.85. The molecule has 0 unspecified atom stereocenters. The summed E-state index contributed by atoms with van der Waals surface area (Å²) in [6, 6.07) is 1.32. The minimum Gasteiger partial charge on any atom is -0.362 e. The average molecular weight is 285 g/mol. The van der Waals surface area contributed by atoms with Crippen LogP contribution in [-0.2, 0) is 0 Å². The van der Waals surface area contributed by atoms with E-state index in [4.69, 9.17) is 11.6 Å². The molecule has 1 heterocycles. The number of hydrogen-bond donors (Lipinski definition) is 1. The molecule has 19 heavy (non-hydrogen) atoms. The number of likely N-dealkylation sites (N-methyl/N-ethyl adjacent to an activating group) is 1. The zero-order valence-electron chi connectivity index (χ0n) is 11.0. The van der Waals surface area contributed by atoms with Crippen LogP contribution in [0.5, 0.6) is 0 Å². The first-order valence-corrected chi connectivity index (χ1v) is 6.54. The summed E-state index contributed by atoms with van der Waals surface area (Å²) in [6.45, 7) is 0.648. The van der Waals surface area contributed by atoms with E-state index in [0.717, 1.165) is 12.8 Å². The molecule has 104 valence electrons. The Kier molecular flexibility index (Phi) is 3.91. The highest BCUT2D eigenvalue weighted by atomic mass is 35.5. The molecule has 6 nitrogen and oxygen atoms in total. The normalized spacial score (nSPS) is 17.1. The summed E-state index contributed by atoms with van der Waals surface area (Å²) in [7, 11) is 4.06. The largest absolute Gasteiger partial charge is 0.362 e. The van der Waals surface area contributed by atoms with Gasteiger partial charge in [0.2, 0.25) is 5.82 Å². The maximum absolute atomic E-state index is 11.0. The molecule has 0 bridgehead atoms. The lowest BCUT2D eigenvalue weighted by Crippen LogP contribution is -2.54. The van der Waals surface area contributed by atoms with Crippen LogP contribution in [-0.4, -0.2) is 41.0 Å². The zero-order valence-corrected chi connectivity index (χ0v) is 11.8. The fourth-order valence-corrected chi connectivity index (χ4v) is 2.47. The summed E-state index contributed by atoms with van der Waals surface area (Å²) >= 11 is 5.74. The second-order valence-electron chi connectivity index (χ2n) is 5.10. The van der Waals surface area contributed by atoms with Crippen LogP contribution >= 0.6 is 11.6 Å². The fraction of sp³-hybridized carbons (Fsp3) is 0.583. The van der Waals surface area contributed by atoms with Crippen molar-refractivity contribution < 1.29 is 4.92 Å². The van der Waals surface area contributed by atoms with Gasteiger partial charge in [0.05, 0.1) is 9.95 Å². The van der Waals surface area contributed by atoms with Crippen LogP contribution in [0.3, 0.4) is 0 Å². The van der Waals surface area contributed by atoms with Crippen LogP contribution in [0.25, 0.3) is 0 Å². The molecule has 0 aromatic carbocycles. The molecule has 0 saturated heterocycles. The Balaban J connectivity index is 2.13. The van der Waals surface area contributed by atoms with Crippen molar-refractivity contribution in [3.05, 3.63) is 27.4 Å². The van der Waals surface area contributed by atoms with Gasteiger partial charge in [-0.2, -0.15) is 0 Å². The van der Waals surface area contributed by atoms with Crippen LogP contribution in [0.1, 0.15) is 19.3 Å². The number of rotatable bonds is 5. The molecule has 1 aliphatic rings. The van der Waals surface area contributed by atoms with Crippen LogP contribution in [0, 0.1) is 10.1 Å². The topological polar surface area (TPSA) is 71.3 Å². The molecule has 7 heteroatoms. The van der Waals surface area contributed by atoms with E-state index in [-0.39, 0.29) is 22.1 Å². The SMILES string of the molecule is CN(C)C1(CNc2ncc(Cl)cc2[N+](=O)[O-])CCC1. The quantitative estimate of drug-likeness (QED) is 0.664. The Labute approximate surface area is 116 Å². The van der Waals surface area contributed by atoms with E-state index in [1.54, 1.807) is 0 Å². The van der Waals surface area contributed by atoms with E-state index in [0.29, 0.717) is 6.54 Å². The van der Waals surface area contributed by atoms with Crippen molar-refractivity contribution in [3.63, 3.8) is 0 Å². The minimum absolute atomic E-state index is 0.0786. The number of nitrogens with one attached hydrogen (secondary N) is 1. The number of nitrogens with zero attached hydrogens (tertiary/aromatic N) is 3. The first-order chi connectivity index (χ1) is 8.94. The highest BCUT2D eigenvalue weighted by molar-refractivity contribution is 6.30. The van der Waals surface area contributed by atoms with Crippen molar-refractivity contribution in [2.45, 2.75) is 24.8 Å². The van der Waals surface area contributed by atoms with Crippen molar-refractivity contribution in [2.24, 2.45) is 0 Å². The van der Waals surface area contributed by atoms with E-state index in [1.165, 1.54) is 18.7 Å². The van der Waals surface area contributed by atoms with Crippen LogP contribution in [0.2, 0.25) is 5.02 Å². The van der Waals surface area contributed by atoms with E-state index < -0.39 is 4.92 Å². The summed E-state index contributed by atoms with van der Waals surface area (Å²) in [5.74, 6) is 0.280. The molecule has 1 saturated carbocycles. The summed E-state index contributed by atoms with van der Waals surface area (Å²) in [5.41, 5.74) is -0.00410. The summed E-state index contributed by atoms with van der Waals surface area (Å²) in [4.78, 5) is 16.7. The lowest BCUT2D eigenvalue weighted by molar-refractivity contribution is -0.384. The summed E-state index contributed by atoms with van der Waals surface area (Å²) in [5, 5.41) is 14.3. The van der Waals surface area contributed by atoms with Crippen molar-refractivity contribution in [1.29, 1.82) is 0 Å². The van der Waals surface area contributed by atoms with Gasteiger partial charge in [0, 0.05) is 24.3 Å². The number of hydrogen-bond acceptors (Lipinski definition) is 5. The fourth-order valence-electron chi connectivity index (χ4n) is 2.32. The molecule has 0 spiro atoms. The van der Waals surface area contributed by atoms with Crippen molar-refractivity contribution in [1.82, 2.24) is 9.88 Å². The van der Waals surface area contributed by atoms with E-state index in [2.05, 4.69) is 15.2 Å². The van der Waals surface area contributed by atoms with Gasteiger partial charge >= 0.3 is 5.69 Å². The zero-order chi connectivity index (χ0) is 14.0. The molecular weight excluding hydrogens is 268 g/mol. The Morgan fingerprint density at radius 3 is 2.74 bits per heavy atom. The van der Waals surface area contributed by atoms with Gasteiger partial charge in [-0.05, 0) is 33.4 Å². The molecule has 1 N–H and O–H groups in total. The molecule has 0 amide bonds. The van der Waals surface area contributed by atoms with Crippen LogP contribution < -0.4 is 5.32 Å². The maximum atomic E-state index is 11.0. The number of nitro groups is 1. The molecule has 2 rings (SSSR count). The third kappa shape index (κ3) is 2.79. The van der Waals surface area contributed by atoms with Gasteiger partial charge in [0.25, 0.3) is 0 Å². The first kappa shape index (κ1) is 14.0. The molecule has 1 fully saturated rings. The van der Waals surface area contributed by atoms with Gasteiger partial charge in [-0.25, -0.2) is 4.98 Å². The predicted octanol–water partition coefficient (Wildman–Crippen LogP) is 2.54. The van der Waals surface area contributed by atoms with Crippen molar-refractivity contribution in [2.75, 3.05) is 26.0 Å². The van der Waals surface area contributed by atoms with Gasteiger partial charge in [-0.15, -0.1) is 0 Å². The van der Waals surface area contributed by atoms with Crippen LogP contribution in [0.4, 0.5) is 11.5 Å². The number of halogens is 1. The smallest absolute Gasteiger partial charge is 0.312 e. The van der Waals surface area contributed by atoms with E-state index in [9.17, 15) is 10.1 Å². The number of pyridine rings is 1. The first-order valence-electron chi connectivity index (χ1n) is 6.16. The van der Waals surface area contributed by atoms with Crippen molar-refractivity contribution in [3.8, 4) is 0 Å². The molecule has 1 aromatic rings. The summed E-state index contributed by atoms with van der Waals surface area (Å²) in [6.07, 6.45) is 4.79. The highest BCUT2D eigenvalue weighted by Gasteiger charge is 2.39. The minimum atomic E-state index is -0.468. The van der Waals surface area contributed by atoms with E-state index >= 15 is 0 Å². The number of aromatic nitrogens is 1. The van der Waals surface area contributed by atoms with Gasteiger partial charge < -0.3 is 10.2 Å². The lowest BCUT2D eigenvalue weighted by Gasteiger charge is -2.47. The third-order valence-corrected chi connectivity index (χ3v) is 4.06. The summed E-state index contributed by atoms with van der Waals surface area (Å²) < 4.78 is 0. The van der Waals surface area contributed by atoms with E-state index in [1.807, 2.05) is 14.1 Å². The standard InChI is InChI=1S/C12H17ClN4O2/c1-16(2)12(4-3-5-12)8-15-11-10(17(18)19)6-9(13)7-14-11/h6-7H,3-5,8H2,1-2H3,(H,14,15). The lowest BCUT2D eigenvalue weighted by atomic mass is 9.75.